The molecular weight excluding hydrogens is 360 g/mol. The van der Waals surface area contributed by atoms with Gasteiger partial charge in [-0.3, -0.25) is 4.99 Å². The van der Waals surface area contributed by atoms with Crippen molar-refractivity contribution in [3.63, 3.8) is 0 Å². The highest BCUT2D eigenvalue weighted by Gasteiger charge is 2.21. The lowest BCUT2D eigenvalue weighted by Gasteiger charge is -2.22. The van der Waals surface area contributed by atoms with Gasteiger partial charge < -0.3 is 15.1 Å². The summed E-state index contributed by atoms with van der Waals surface area (Å²) in [5.41, 5.74) is 3.33. The second-order valence-electron chi connectivity index (χ2n) is 6.90. The van der Waals surface area contributed by atoms with Crippen LogP contribution >= 0.6 is 0 Å². The van der Waals surface area contributed by atoms with E-state index in [0.717, 1.165) is 29.9 Å². The van der Waals surface area contributed by atoms with Crippen LogP contribution in [0.15, 0.2) is 83.9 Å². The third-order valence-corrected chi connectivity index (χ3v) is 5.10. The molecule has 29 heavy (non-hydrogen) atoms. The zero-order valence-electron chi connectivity index (χ0n) is 16.9. The molecule has 0 spiro atoms. The van der Waals surface area contributed by atoms with Crippen LogP contribution in [0.3, 0.4) is 0 Å². The molecule has 0 bridgehead atoms. The van der Waals surface area contributed by atoms with Crippen LogP contribution in [-0.2, 0) is 0 Å². The first-order valence-corrected chi connectivity index (χ1v) is 10.0. The minimum Gasteiger partial charge on any atom is -0.507 e. The molecule has 4 heteroatoms. The normalized spacial score (nSPS) is 13.3. The van der Waals surface area contributed by atoms with Gasteiger partial charge in [0.15, 0.2) is 0 Å². The van der Waals surface area contributed by atoms with Gasteiger partial charge in [-0.15, -0.1) is 0 Å². The second kappa shape index (κ2) is 9.89. The molecule has 0 saturated carbocycles. The van der Waals surface area contributed by atoms with Gasteiger partial charge in [0.2, 0.25) is 0 Å². The summed E-state index contributed by atoms with van der Waals surface area (Å²) >= 11 is 0. The van der Waals surface area contributed by atoms with Crippen molar-refractivity contribution in [1.82, 2.24) is 0 Å². The Bertz CT molecular complexity index is 922. The van der Waals surface area contributed by atoms with E-state index in [1.54, 1.807) is 12.3 Å². The number of hydrogen-bond donors (Lipinski definition) is 2. The molecule has 3 aromatic carbocycles. The van der Waals surface area contributed by atoms with E-state index in [2.05, 4.69) is 23.7 Å². The number of rotatable bonds is 8. The van der Waals surface area contributed by atoms with Crippen LogP contribution in [0, 0.1) is 0 Å². The molecule has 0 radical (unpaired) electrons. The molecule has 0 heterocycles. The largest absolute Gasteiger partial charge is 0.507 e. The Morgan fingerprint density at radius 1 is 0.862 bits per heavy atom. The Labute approximate surface area is 172 Å². The monoisotopic (exact) mass is 388 g/mol. The van der Waals surface area contributed by atoms with E-state index in [1.165, 1.54) is 0 Å². The highest BCUT2D eigenvalue weighted by Crippen LogP contribution is 2.32. The molecule has 0 aliphatic heterocycles. The number of benzene rings is 3. The fraction of sp³-hybridized carbons (Fsp3) is 0.240. The van der Waals surface area contributed by atoms with Crippen LogP contribution in [0.25, 0.3) is 0 Å². The molecule has 0 aliphatic rings. The lowest BCUT2D eigenvalue weighted by molar-refractivity contribution is 0.148. The fourth-order valence-corrected chi connectivity index (χ4v) is 3.42. The number of aliphatic hydroxyl groups excluding tert-OH is 1. The molecule has 3 aromatic rings. The molecule has 4 nitrogen and oxygen atoms in total. The Morgan fingerprint density at radius 2 is 1.45 bits per heavy atom. The van der Waals surface area contributed by atoms with Crippen LogP contribution in [0.2, 0.25) is 0 Å². The highest BCUT2D eigenvalue weighted by atomic mass is 16.3. The van der Waals surface area contributed by atoms with Gasteiger partial charge >= 0.3 is 0 Å². The van der Waals surface area contributed by atoms with Gasteiger partial charge in [0, 0.05) is 36.6 Å². The van der Waals surface area contributed by atoms with E-state index in [1.807, 2.05) is 72.8 Å². The lowest BCUT2D eigenvalue weighted by Crippen LogP contribution is -2.21. The van der Waals surface area contributed by atoms with Crippen LogP contribution in [0.1, 0.15) is 42.7 Å². The van der Waals surface area contributed by atoms with Crippen LogP contribution in [0.5, 0.6) is 5.75 Å². The first kappa shape index (κ1) is 20.6. The molecule has 0 aromatic heterocycles. The molecule has 0 aliphatic carbocycles. The lowest BCUT2D eigenvalue weighted by atomic mass is 9.96. The summed E-state index contributed by atoms with van der Waals surface area (Å²) < 4.78 is 0. The average Bonchev–Trinajstić information content (AvgIpc) is 2.77. The van der Waals surface area contributed by atoms with Gasteiger partial charge in [-0.05, 0) is 37.1 Å². The molecule has 2 N–H and O–H groups in total. The van der Waals surface area contributed by atoms with Crippen molar-refractivity contribution in [3.05, 3.63) is 95.6 Å². The van der Waals surface area contributed by atoms with Crippen molar-refractivity contribution in [3.8, 4) is 5.75 Å². The maximum Gasteiger partial charge on any atom is 0.126 e. The third kappa shape index (κ3) is 5.04. The Balaban J connectivity index is 1.91. The van der Waals surface area contributed by atoms with Crippen LogP contribution < -0.4 is 4.90 Å². The van der Waals surface area contributed by atoms with Gasteiger partial charge in [0.05, 0.1) is 0 Å². The summed E-state index contributed by atoms with van der Waals surface area (Å²) in [6, 6.07) is 24.4. The van der Waals surface area contributed by atoms with E-state index in [4.69, 9.17) is 0 Å². The number of aliphatic imine (C=N–C) groups is 1. The first-order valence-electron chi connectivity index (χ1n) is 10.0. The van der Waals surface area contributed by atoms with E-state index >= 15 is 0 Å². The Hall–Kier alpha value is -3.11. The Kier molecular flexibility index (Phi) is 7.04. The molecule has 150 valence electrons. The number of aliphatic hydroxyl groups is 1. The number of nitrogens with zero attached hydrogens (tertiary/aromatic N) is 2. The fourth-order valence-electron chi connectivity index (χ4n) is 3.42. The summed E-state index contributed by atoms with van der Waals surface area (Å²) in [7, 11) is 0. The van der Waals surface area contributed by atoms with E-state index in [-0.39, 0.29) is 5.75 Å². The van der Waals surface area contributed by atoms with Crippen molar-refractivity contribution >= 4 is 11.9 Å². The number of hydrogen-bond acceptors (Lipinski definition) is 4. The molecule has 0 saturated heterocycles. The average molecular weight is 389 g/mol. The van der Waals surface area contributed by atoms with Crippen molar-refractivity contribution < 1.29 is 10.2 Å². The molecule has 0 amide bonds. The zero-order valence-corrected chi connectivity index (χ0v) is 16.9. The predicted octanol–water partition coefficient (Wildman–Crippen LogP) is 5.13. The summed E-state index contributed by atoms with van der Waals surface area (Å²) in [5, 5.41) is 21.5. The van der Waals surface area contributed by atoms with Crippen LogP contribution in [0.4, 0.5) is 5.69 Å². The van der Waals surface area contributed by atoms with Crippen molar-refractivity contribution in [2.24, 2.45) is 4.99 Å². The molecule has 0 unspecified atom stereocenters. The SMILES string of the molecule is CCN(CC)c1ccc(C=N[C@H](c2ccccc2)[C@@H](O)c2ccccc2)c(O)c1. The van der Waals surface area contributed by atoms with Gasteiger partial charge in [0.25, 0.3) is 0 Å². The maximum atomic E-state index is 11.0. The number of aromatic hydroxyl groups is 1. The quantitative estimate of drug-likeness (QED) is 0.526. The first-order chi connectivity index (χ1) is 14.1. The predicted molar refractivity (Wildman–Crippen MR) is 120 cm³/mol. The summed E-state index contributed by atoms with van der Waals surface area (Å²) in [6.45, 7) is 5.93. The number of phenolic OH excluding ortho intramolecular Hbond substituents is 1. The minimum absolute atomic E-state index is 0.180. The van der Waals surface area contributed by atoms with Crippen LogP contribution in [-0.4, -0.2) is 29.5 Å². The van der Waals surface area contributed by atoms with Crippen molar-refractivity contribution in [1.29, 1.82) is 0 Å². The van der Waals surface area contributed by atoms with Crippen molar-refractivity contribution in [2.45, 2.75) is 26.0 Å². The smallest absolute Gasteiger partial charge is 0.126 e. The zero-order chi connectivity index (χ0) is 20.6. The van der Waals surface area contributed by atoms with Gasteiger partial charge in [-0.2, -0.15) is 0 Å². The van der Waals surface area contributed by atoms with E-state index < -0.39 is 12.1 Å². The number of phenols is 1. The highest BCUT2D eigenvalue weighted by molar-refractivity contribution is 5.84. The van der Waals surface area contributed by atoms with Crippen molar-refractivity contribution in [2.75, 3.05) is 18.0 Å². The van der Waals surface area contributed by atoms with E-state index in [0.29, 0.717) is 5.56 Å². The summed E-state index contributed by atoms with van der Waals surface area (Å²) in [4.78, 5) is 6.84. The minimum atomic E-state index is -0.785. The Morgan fingerprint density at radius 3 is 2.00 bits per heavy atom. The van der Waals surface area contributed by atoms with Gasteiger partial charge in [-0.1, -0.05) is 60.7 Å². The third-order valence-electron chi connectivity index (χ3n) is 5.10. The van der Waals surface area contributed by atoms with Gasteiger partial charge in [0.1, 0.15) is 17.9 Å². The topological polar surface area (TPSA) is 56.1 Å². The molecule has 3 rings (SSSR count). The molecule has 2 atom stereocenters. The van der Waals surface area contributed by atoms with Gasteiger partial charge in [-0.25, -0.2) is 0 Å². The second-order valence-corrected chi connectivity index (χ2v) is 6.90. The maximum absolute atomic E-state index is 11.0. The van der Waals surface area contributed by atoms with E-state index in [9.17, 15) is 10.2 Å². The standard InChI is InChI=1S/C25H28N2O2/c1-3-27(4-2)22-16-15-21(23(28)17-22)18-26-24(19-11-7-5-8-12-19)25(29)20-13-9-6-10-14-20/h5-18,24-25,28-29H,3-4H2,1-2H3/t24-,25+/m1/s1. The summed E-state index contributed by atoms with van der Waals surface area (Å²) in [5.74, 6) is 0.180. The molecule has 0 fully saturated rings. The molecular formula is C25H28N2O2. The number of anilines is 1. The summed E-state index contributed by atoms with van der Waals surface area (Å²) in [6.07, 6.45) is 0.859.